The normalized spacial score (nSPS) is 11.3. The molecule has 14 heavy (non-hydrogen) atoms. The molecule has 0 saturated heterocycles. The molecule has 0 saturated carbocycles. The second kappa shape index (κ2) is 5.50. The Morgan fingerprint density at radius 2 is 1.86 bits per heavy atom. The molecule has 78 valence electrons. The van der Waals surface area contributed by atoms with Crippen LogP contribution in [0.5, 0.6) is 0 Å². The molecule has 0 spiro atoms. The molecule has 0 fully saturated rings. The highest BCUT2D eigenvalue weighted by molar-refractivity contribution is 5.85. The van der Waals surface area contributed by atoms with Crippen LogP contribution >= 0.6 is 12.4 Å². The average molecular weight is 214 g/mol. The maximum Gasteiger partial charge on any atom is 0.186 e. The van der Waals surface area contributed by atoms with Crippen LogP contribution in [0.15, 0.2) is 24.3 Å². The summed E-state index contributed by atoms with van der Waals surface area (Å²) < 4.78 is 0. The van der Waals surface area contributed by atoms with Crippen LogP contribution < -0.4 is 11.1 Å². The Hall–Kier alpha value is -1.22. The van der Waals surface area contributed by atoms with E-state index < -0.39 is 0 Å². The van der Waals surface area contributed by atoms with Gasteiger partial charge in [0.1, 0.15) is 0 Å². The standard InChI is InChI=1S/C10H15N3.ClH/c1-7-3-5-9(6-4-7)8(2)13-10(11)12;/h3-6,8H,1-2H3,(H4,11,12,13);1H. The minimum absolute atomic E-state index is 0. The number of hydrogen-bond donors (Lipinski definition) is 3. The maximum atomic E-state index is 7.08. The largest absolute Gasteiger partial charge is 0.370 e. The van der Waals surface area contributed by atoms with E-state index in [-0.39, 0.29) is 24.4 Å². The predicted molar refractivity (Wildman–Crippen MR) is 61.9 cm³/mol. The Balaban J connectivity index is 0.00000169. The highest BCUT2D eigenvalue weighted by Gasteiger charge is 2.03. The molecular weight excluding hydrogens is 198 g/mol. The first-order valence-electron chi connectivity index (χ1n) is 4.26. The molecule has 1 rings (SSSR count). The monoisotopic (exact) mass is 213 g/mol. The van der Waals surface area contributed by atoms with Gasteiger partial charge < -0.3 is 11.1 Å². The zero-order valence-electron chi connectivity index (χ0n) is 8.37. The Bertz CT molecular complexity index is 295. The topological polar surface area (TPSA) is 61.9 Å². The first-order valence-corrected chi connectivity index (χ1v) is 4.26. The number of guanidine groups is 1. The molecule has 3 nitrogen and oxygen atoms in total. The summed E-state index contributed by atoms with van der Waals surface area (Å²) in [7, 11) is 0. The van der Waals surface area contributed by atoms with Gasteiger partial charge in [-0.15, -0.1) is 12.4 Å². The van der Waals surface area contributed by atoms with Crippen molar-refractivity contribution in [2.24, 2.45) is 5.73 Å². The Morgan fingerprint density at radius 3 is 2.29 bits per heavy atom. The SMILES string of the molecule is Cc1ccc(C(C)NC(=N)N)cc1.Cl. The highest BCUT2D eigenvalue weighted by atomic mass is 35.5. The molecule has 0 aromatic heterocycles. The Morgan fingerprint density at radius 1 is 1.36 bits per heavy atom. The Kier molecular flexibility index (Phi) is 5.02. The summed E-state index contributed by atoms with van der Waals surface area (Å²) in [5, 5.41) is 9.92. The van der Waals surface area contributed by atoms with Crippen LogP contribution in [0.1, 0.15) is 24.1 Å². The predicted octanol–water partition coefficient (Wildman–Crippen LogP) is 1.96. The van der Waals surface area contributed by atoms with Gasteiger partial charge in [-0.2, -0.15) is 0 Å². The number of aryl methyl sites for hydroxylation is 1. The van der Waals surface area contributed by atoms with Crippen molar-refractivity contribution >= 4 is 18.4 Å². The Labute approximate surface area is 90.6 Å². The summed E-state index contributed by atoms with van der Waals surface area (Å²) in [4.78, 5) is 0. The summed E-state index contributed by atoms with van der Waals surface area (Å²) in [5.41, 5.74) is 7.61. The molecule has 0 heterocycles. The summed E-state index contributed by atoms with van der Waals surface area (Å²) >= 11 is 0. The number of nitrogens with one attached hydrogen (secondary N) is 2. The fourth-order valence-corrected chi connectivity index (χ4v) is 1.17. The fraction of sp³-hybridized carbons (Fsp3) is 0.300. The van der Waals surface area contributed by atoms with Crippen molar-refractivity contribution in [2.75, 3.05) is 0 Å². The van der Waals surface area contributed by atoms with Crippen LogP contribution in [-0.2, 0) is 0 Å². The number of benzene rings is 1. The van der Waals surface area contributed by atoms with E-state index in [0.717, 1.165) is 5.56 Å². The zero-order valence-corrected chi connectivity index (χ0v) is 9.19. The van der Waals surface area contributed by atoms with E-state index in [2.05, 4.69) is 5.32 Å². The van der Waals surface area contributed by atoms with Crippen molar-refractivity contribution in [1.29, 1.82) is 5.41 Å². The maximum absolute atomic E-state index is 7.08. The molecule has 0 aliphatic heterocycles. The molecule has 1 aromatic carbocycles. The second-order valence-electron chi connectivity index (χ2n) is 3.19. The molecule has 0 radical (unpaired) electrons. The van der Waals surface area contributed by atoms with Gasteiger partial charge in [-0.05, 0) is 19.4 Å². The molecule has 1 atom stereocenters. The summed E-state index contributed by atoms with van der Waals surface area (Å²) in [6.07, 6.45) is 0. The van der Waals surface area contributed by atoms with E-state index >= 15 is 0 Å². The van der Waals surface area contributed by atoms with Crippen LogP contribution in [0, 0.1) is 12.3 Å². The van der Waals surface area contributed by atoms with Crippen LogP contribution in [0.3, 0.4) is 0 Å². The molecule has 4 N–H and O–H groups in total. The summed E-state index contributed by atoms with van der Waals surface area (Å²) in [5.74, 6) is 0.00748. The quantitative estimate of drug-likeness (QED) is 0.520. The first-order chi connectivity index (χ1) is 6.09. The molecule has 0 aliphatic carbocycles. The van der Waals surface area contributed by atoms with Crippen molar-refractivity contribution in [3.05, 3.63) is 35.4 Å². The second-order valence-corrected chi connectivity index (χ2v) is 3.19. The van der Waals surface area contributed by atoms with Crippen molar-refractivity contribution < 1.29 is 0 Å². The zero-order chi connectivity index (χ0) is 9.84. The fourth-order valence-electron chi connectivity index (χ4n) is 1.17. The lowest BCUT2D eigenvalue weighted by molar-refractivity contribution is 0.708. The lowest BCUT2D eigenvalue weighted by atomic mass is 10.1. The smallest absolute Gasteiger partial charge is 0.186 e. The van der Waals surface area contributed by atoms with Gasteiger partial charge in [-0.25, -0.2) is 0 Å². The summed E-state index contributed by atoms with van der Waals surface area (Å²) in [6, 6.07) is 8.27. The van der Waals surface area contributed by atoms with Gasteiger partial charge in [0.15, 0.2) is 5.96 Å². The van der Waals surface area contributed by atoms with E-state index in [4.69, 9.17) is 11.1 Å². The third kappa shape index (κ3) is 3.66. The van der Waals surface area contributed by atoms with Crippen LogP contribution in [-0.4, -0.2) is 5.96 Å². The number of rotatable bonds is 2. The lowest BCUT2D eigenvalue weighted by Crippen LogP contribution is -2.32. The molecule has 0 aliphatic rings. The van der Waals surface area contributed by atoms with Crippen molar-refractivity contribution in [2.45, 2.75) is 19.9 Å². The molecule has 4 heteroatoms. The van der Waals surface area contributed by atoms with E-state index in [1.807, 2.05) is 38.1 Å². The third-order valence-electron chi connectivity index (χ3n) is 1.95. The highest BCUT2D eigenvalue weighted by Crippen LogP contribution is 2.12. The molecule has 1 unspecified atom stereocenters. The molecule has 1 aromatic rings. The minimum atomic E-state index is 0. The molecule has 0 bridgehead atoms. The van der Waals surface area contributed by atoms with Crippen molar-refractivity contribution in [3.8, 4) is 0 Å². The van der Waals surface area contributed by atoms with Gasteiger partial charge >= 0.3 is 0 Å². The van der Waals surface area contributed by atoms with Gasteiger partial charge in [-0.3, -0.25) is 5.41 Å². The minimum Gasteiger partial charge on any atom is -0.370 e. The number of halogens is 1. The van der Waals surface area contributed by atoms with Gasteiger partial charge in [0, 0.05) is 0 Å². The number of nitrogens with two attached hydrogens (primary N) is 1. The average Bonchev–Trinajstić information content (AvgIpc) is 2.04. The van der Waals surface area contributed by atoms with Crippen LogP contribution in [0.25, 0.3) is 0 Å². The van der Waals surface area contributed by atoms with Crippen LogP contribution in [0.2, 0.25) is 0 Å². The van der Waals surface area contributed by atoms with Gasteiger partial charge in [0.25, 0.3) is 0 Å². The number of hydrogen-bond acceptors (Lipinski definition) is 1. The van der Waals surface area contributed by atoms with E-state index in [0.29, 0.717) is 0 Å². The lowest BCUT2D eigenvalue weighted by Gasteiger charge is -2.13. The van der Waals surface area contributed by atoms with E-state index in [1.54, 1.807) is 0 Å². The third-order valence-corrected chi connectivity index (χ3v) is 1.95. The van der Waals surface area contributed by atoms with Crippen LogP contribution in [0.4, 0.5) is 0 Å². The molecular formula is C10H16ClN3. The van der Waals surface area contributed by atoms with E-state index in [1.165, 1.54) is 5.56 Å². The van der Waals surface area contributed by atoms with Crippen molar-refractivity contribution in [3.63, 3.8) is 0 Å². The van der Waals surface area contributed by atoms with Gasteiger partial charge in [0.2, 0.25) is 0 Å². The van der Waals surface area contributed by atoms with Gasteiger partial charge in [-0.1, -0.05) is 29.8 Å². The van der Waals surface area contributed by atoms with Gasteiger partial charge in [0.05, 0.1) is 6.04 Å². The van der Waals surface area contributed by atoms with E-state index in [9.17, 15) is 0 Å². The first kappa shape index (κ1) is 12.8. The summed E-state index contributed by atoms with van der Waals surface area (Å²) in [6.45, 7) is 4.03. The van der Waals surface area contributed by atoms with Crippen molar-refractivity contribution in [1.82, 2.24) is 5.32 Å². The molecule has 0 amide bonds.